The largest absolute Gasteiger partial charge is 0.352 e. The first-order chi connectivity index (χ1) is 9.37. The third kappa shape index (κ3) is 1.86. The number of fused-ring (bicyclic) bond motifs is 2. The molecule has 0 atom stereocenters. The zero-order valence-electron chi connectivity index (χ0n) is 11.2. The number of anilines is 1. The molecule has 3 aliphatic rings. The molecule has 19 heavy (non-hydrogen) atoms. The quantitative estimate of drug-likeness (QED) is 0.809. The van der Waals surface area contributed by atoms with E-state index < -0.39 is 5.79 Å². The second-order valence-electron chi connectivity index (χ2n) is 5.63. The van der Waals surface area contributed by atoms with Crippen LogP contribution in [0.15, 0.2) is 24.3 Å². The Kier molecular flexibility index (Phi) is 2.76. The van der Waals surface area contributed by atoms with Gasteiger partial charge >= 0.3 is 0 Å². The maximum absolute atomic E-state index is 5.94. The predicted molar refractivity (Wildman–Crippen MR) is 73.0 cm³/mol. The molecule has 4 rings (SSSR count). The second kappa shape index (κ2) is 4.47. The van der Waals surface area contributed by atoms with Crippen molar-refractivity contribution >= 4 is 5.69 Å². The van der Waals surface area contributed by atoms with Crippen molar-refractivity contribution < 1.29 is 9.47 Å². The van der Waals surface area contributed by atoms with Crippen molar-refractivity contribution in [2.75, 3.05) is 44.4 Å². The van der Waals surface area contributed by atoms with Crippen molar-refractivity contribution in [3.8, 4) is 0 Å². The lowest BCUT2D eigenvalue weighted by atomic mass is 10.1. The van der Waals surface area contributed by atoms with Gasteiger partial charge in [-0.25, -0.2) is 0 Å². The van der Waals surface area contributed by atoms with Gasteiger partial charge in [0.25, 0.3) is 0 Å². The molecule has 1 aromatic carbocycles. The maximum atomic E-state index is 5.94. The highest BCUT2D eigenvalue weighted by Crippen LogP contribution is 2.44. The zero-order valence-corrected chi connectivity index (χ0v) is 11.2. The van der Waals surface area contributed by atoms with E-state index in [9.17, 15) is 0 Å². The molecule has 0 saturated carbocycles. The van der Waals surface area contributed by atoms with Gasteiger partial charge in [0.05, 0.1) is 26.4 Å². The summed E-state index contributed by atoms with van der Waals surface area (Å²) in [5.74, 6) is -0.504. The Morgan fingerprint density at radius 3 is 2.58 bits per heavy atom. The summed E-state index contributed by atoms with van der Waals surface area (Å²) >= 11 is 0. The Labute approximate surface area is 113 Å². The van der Waals surface area contributed by atoms with E-state index in [4.69, 9.17) is 9.47 Å². The van der Waals surface area contributed by atoms with Gasteiger partial charge in [0.1, 0.15) is 0 Å². The fourth-order valence-electron chi connectivity index (χ4n) is 3.49. The molecule has 4 heteroatoms. The van der Waals surface area contributed by atoms with E-state index in [-0.39, 0.29) is 0 Å². The minimum atomic E-state index is -0.504. The fourth-order valence-corrected chi connectivity index (χ4v) is 3.49. The van der Waals surface area contributed by atoms with E-state index >= 15 is 0 Å². The van der Waals surface area contributed by atoms with Gasteiger partial charge in [-0.05, 0) is 32.0 Å². The first-order valence-corrected chi connectivity index (χ1v) is 7.22. The first-order valence-electron chi connectivity index (χ1n) is 7.22. The number of ether oxygens (including phenoxy) is 2. The van der Waals surface area contributed by atoms with Gasteiger partial charge in [-0.1, -0.05) is 18.2 Å². The van der Waals surface area contributed by atoms with Crippen molar-refractivity contribution in [1.82, 2.24) is 4.90 Å². The van der Waals surface area contributed by atoms with Crippen molar-refractivity contribution in [3.63, 3.8) is 0 Å². The lowest BCUT2D eigenvalue weighted by Gasteiger charge is -2.27. The first kappa shape index (κ1) is 11.7. The van der Waals surface area contributed by atoms with Crippen LogP contribution in [0.3, 0.4) is 0 Å². The predicted octanol–water partition coefficient (Wildman–Crippen LogP) is 1.76. The monoisotopic (exact) mass is 260 g/mol. The van der Waals surface area contributed by atoms with E-state index in [0.29, 0.717) is 13.2 Å². The smallest absolute Gasteiger partial charge is 0.215 e. The van der Waals surface area contributed by atoms with Gasteiger partial charge in [0, 0.05) is 11.3 Å². The molecular weight excluding hydrogens is 240 g/mol. The van der Waals surface area contributed by atoms with Crippen molar-refractivity contribution in [2.45, 2.75) is 18.6 Å². The van der Waals surface area contributed by atoms with Crippen LogP contribution in [-0.4, -0.2) is 44.4 Å². The summed E-state index contributed by atoms with van der Waals surface area (Å²) in [6, 6.07) is 8.50. The van der Waals surface area contributed by atoms with E-state index in [1.807, 2.05) is 0 Å². The number of likely N-dealkylation sites (tertiary alicyclic amines) is 1. The van der Waals surface area contributed by atoms with Gasteiger partial charge in [0.15, 0.2) is 0 Å². The number of hydrogen-bond donors (Lipinski definition) is 0. The average molecular weight is 260 g/mol. The van der Waals surface area contributed by atoms with Gasteiger partial charge in [-0.15, -0.1) is 0 Å². The molecule has 0 aliphatic carbocycles. The summed E-state index contributed by atoms with van der Waals surface area (Å²) in [5, 5.41) is 0. The summed E-state index contributed by atoms with van der Waals surface area (Å²) in [4.78, 5) is 4.93. The molecule has 0 bridgehead atoms. The molecule has 0 unspecified atom stereocenters. The molecule has 2 saturated heterocycles. The summed E-state index contributed by atoms with van der Waals surface area (Å²) in [7, 11) is 0. The Morgan fingerprint density at radius 1 is 1.05 bits per heavy atom. The lowest BCUT2D eigenvalue weighted by Crippen LogP contribution is -2.40. The standard InChI is InChI=1S/C15H20N2O2/c1-2-6-14-13(5-1)15(18-9-10-19-15)11-17(14)12-16-7-3-4-8-16/h1-2,5-6H,3-4,7-12H2. The number of nitrogens with zero attached hydrogens (tertiary/aromatic N) is 2. The van der Waals surface area contributed by atoms with Crippen LogP contribution < -0.4 is 4.90 Å². The van der Waals surface area contributed by atoms with Crippen molar-refractivity contribution in [2.24, 2.45) is 0 Å². The second-order valence-corrected chi connectivity index (χ2v) is 5.63. The average Bonchev–Trinajstić information content (AvgIpc) is 3.15. The third-order valence-electron chi connectivity index (χ3n) is 4.38. The number of hydrogen-bond acceptors (Lipinski definition) is 4. The summed E-state index contributed by atoms with van der Waals surface area (Å²) in [5.41, 5.74) is 2.47. The molecular formula is C15H20N2O2. The minimum absolute atomic E-state index is 0.504. The number of para-hydroxylation sites is 1. The maximum Gasteiger partial charge on any atom is 0.215 e. The summed E-state index contributed by atoms with van der Waals surface area (Å²) in [6.07, 6.45) is 2.65. The van der Waals surface area contributed by atoms with Gasteiger partial charge in [0.2, 0.25) is 5.79 Å². The van der Waals surface area contributed by atoms with E-state index in [2.05, 4.69) is 34.1 Å². The van der Waals surface area contributed by atoms with E-state index in [1.54, 1.807) is 0 Å². The summed E-state index contributed by atoms with van der Waals surface area (Å²) < 4.78 is 11.9. The molecule has 0 aromatic heterocycles. The zero-order chi connectivity index (χ0) is 12.7. The van der Waals surface area contributed by atoms with Crippen molar-refractivity contribution in [3.05, 3.63) is 29.8 Å². The van der Waals surface area contributed by atoms with Crippen LogP contribution in [0.5, 0.6) is 0 Å². The Balaban J connectivity index is 1.63. The van der Waals surface area contributed by atoms with Gasteiger partial charge in [-0.2, -0.15) is 0 Å². The minimum Gasteiger partial charge on any atom is -0.352 e. The van der Waals surface area contributed by atoms with Crippen LogP contribution in [0, 0.1) is 0 Å². The number of rotatable bonds is 2. The van der Waals surface area contributed by atoms with Gasteiger partial charge in [-0.3, -0.25) is 4.90 Å². The van der Waals surface area contributed by atoms with Crippen LogP contribution in [0.4, 0.5) is 5.69 Å². The van der Waals surface area contributed by atoms with Crippen LogP contribution in [0.1, 0.15) is 18.4 Å². The highest BCUT2D eigenvalue weighted by molar-refractivity contribution is 5.60. The Bertz CT molecular complexity index is 465. The molecule has 102 valence electrons. The van der Waals surface area contributed by atoms with E-state index in [1.165, 1.54) is 37.2 Å². The third-order valence-corrected chi connectivity index (χ3v) is 4.38. The molecule has 1 spiro atoms. The molecule has 0 radical (unpaired) electrons. The highest BCUT2D eigenvalue weighted by Gasteiger charge is 2.47. The van der Waals surface area contributed by atoms with Crippen LogP contribution in [0.2, 0.25) is 0 Å². The van der Waals surface area contributed by atoms with Crippen molar-refractivity contribution in [1.29, 1.82) is 0 Å². The SMILES string of the molecule is c1ccc2c(c1)N(CN1CCCC1)CC21OCCO1. The Hall–Kier alpha value is -1.10. The fraction of sp³-hybridized carbons (Fsp3) is 0.600. The highest BCUT2D eigenvalue weighted by atomic mass is 16.7. The Morgan fingerprint density at radius 2 is 1.79 bits per heavy atom. The topological polar surface area (TPSA) is 24.9 Å². The molecule has 2 fully saturated rings. The molecule has 0 N–H and O–H groups in total. The normalized spacial score (nSPS) is 25.4. The molecule has 0 amide bonds. The summed E-state index contributed by atoms with van der Waals surface area (Å²) in [6.45, 7) is 5.65. The molecule has 3 aliphatic heterocycles. The molecule has 3 heterocycles. The molecule has 4 nitrogen and oxygen atoms in total. The van der Waals surface area contributed by atoms with E-state index in [0.717, 1.165) is 13.2 Å². The van der Waals surface area contributed by atoms with Crippen LogP contribution in [0.25, 0.3) is 0 Å². The van der Waals surface area contributed by atoms with Gasteiger partial charge < -0.3 is 14.4 Å². The lowest BCUT2D eigenvalue weighted by molar-refractivity contribution is -0.151. The number of benzene rings is 1. The van der Waals surface area contributed by atoms with Crippen LogP contribution in [-0.2, 0) is 15.3 Å². The van der Waals surface area contributed by atoms with Crippen LogP contribution >= 0.6 is 0 Å². The molecule has 1 aromatic rings.